The lowest BCUT2D eigenvalue weighted by molar-refractivity contribution is -0.114. The summed E-state index contributed by atoms with van der Waals surface area (Å²) in [6, 6.07) is 12.0. The normalized spacial score (nSPS) is 10.0. The molecule has 0 saturated carbocycles. The lowest BCUT2D eigenvalue weighted by Gasteiger charge is -2.09. The number of benzene rings is 2. The quantitative estimate of drug-likeness (QED) is 0.841. The fourth-order valence-electron chi connectivity index (χ4n) is 1.55. The van der Waals surface area contributed by atoms with Gasteiger partial charge in [0.2, 0.25) is 5.91 Å². The average Bonchev–Trinajstić information content (AvgIpc) is 2.34. The molecule has 0 fully saturated rings. The lowest BCUT2D eigenvalue weighted by Crippen LogP contribution is -2.05. The zero-order valence-electron chi connectivity index (χ0n) is 10.3. The number of nitrogen functional groups attached to an aromatic ring is 1. The van der Waals surface area contributed by atoms with E-state index in [0.717, 1.165) is 0 Å². The molecule has 0 radical (unpaired) electrons. The maximum absolute atomic E-state index is 10.9. The zero-order chi connectivity index (χ0) is 13.8. The second-order valence-corrected chi connectivity index (χ2v) is 4.43. The second kappa shape index (κ2) is 5.63. The molecule has 0 spiro atoms. The number of hydrogen-bond acceptors (Lipinski definition) is 3. The predicted octanol–water partition coefficient (Wildman–Crippen LogP) is 3.67. The van der Waals surface area contributed by atoms with Gasteiger partial charge in [-0.25, -0.2) is 0 Å². The average molecular weight is 277 g/mol. The van der Waals surface area contributed by atoms with Crippen LogP contribution in [0.3, 0.4) is 0 Å². The molecule has 5 heteroatoms. The van der Waals surface area contributed by atoms with Crippen LogP contribution in [0, 0.1) is 0 Å². The van der Waals surface area contributed by atoms with Gasteiger partial charge in [-0.15, -0.1) is 0 Å². The summed E-state index contributed by atoms with van der Waals surface area (Å²) in [6.45, 7) is 1.46. The number of ether oxygens (including phenoxy) is 1. The predicted molar refractivity (Wildman–Crippen MR) is 76.7 cm³/mol. The number of nitrogens with two attached hydrogens (primary N) is 1. The fourth-order valence-corrected chi connectivity index (χ4v) is 1.73. The minimum absolute atomic E-state index is 0.115. The van der Waals surface area contributed by atoms with Crippen LogP contribution in [-0.4, -0.2) is 5.91 Å². The van der Waals surface area contributed by atoms with Crippen LogP contribution in [-0.2, 0) is 4.79 Å². The fraction of sp³-hybridized carbons (Fsp3) is 0.0714. The molecule has 2 rings (SSSR count). The van der Waals surface area contributed by atoms with E-state index in [0.29, 0.717) is 27.9 Å². The van der Waals surface area contributed by atoms with Crippen molar-refractivity contribution in [3.8, 4) is 11.5 Å². The van der Waals surface area contributed by atoms with Crippen molar-refractivity contribution in [2.24, 2.45) is 0 Å². The Kier molecular flexibility index (Phi) is 3.92. The lowest BCUT2D eigenvalue weighted by atomic mass is 10.3. The number of halogens is 1. The molecule has 1 amide bonds. The van der Waals surface area contributed by atoms with Gasteiger partial charge in [-0.3, -0.25) is 4.79 Å². The molecule has 2 aromatic carbocycles. The first kappa shape index (κ1) is 13.2. The van der Waals surface area contributed by atoms with Crippen molar-refractivity contribution in [2.45, 2.75) is 6.92 Å². The van der Waals surface area contributed by atoms with Gasteiger partial charge >= 0.3 is 0 Å². The van der Waals surface area contributed by atoms with Crippen molar-refractivity contribution in [2.75, 3.05) is 11.1 Å². The molecule has 0 aliphatic rings. The monoisotopic (exact) mass is 276 g/mol. The van der Waals surface area contributed by atoms with E-state index >= 15 is 0 Å². The second-order valence-electron chi connectivity index (χ2n) is 3.99. The largest absolute Gasteiger partial charge is 0.455 e. The molecule has 98 valence electrons. The van der Waals surface area contributed by atoms with E-state index in [2.05, 4.69) is 5.32 Å². The van der Waals surface area contributed by atoms with Gasteiger partial charge < -0.3 is 15.8 Å². The van der Waals surface area contributed by atoms with Gasteiger partial charge in [0.1, 0.15) is 11.5 Å². The van der Waals surface area contributed by atoms with Crippen LogP contribution < -0.4 is 15.8 Å². The van der Waals surface area contributed by atoms with E-state index in [9.17, 15) is 4.79 Å². The molecule has 0 bridgehead atoms. The first-order valence-corrected chi connectivity index (χ1v) is 6.03. The van der Waals surface area contributed by atoms with Crippen LogP contribution in [0.1, 0.15) is 6.92 Å². The van der Waals surface area contributed by atoms with Crippen LogP contribution in [0.15, 0.2) is 42.5 Å². The highest BCUT2D eigenvalue weighted by Crippen LogP contribution is 2.30. The third kappa shape index (κ3) is 3.63. The third-order valence-corrected chi connectivity index (χ3v) is 2.61. The maximum atomic E-state index is 10.9. The molecule has 0 aromatic heterocycles. The number of nitrogens with one attached hydrogen (secondary N) is 1. The summed E-state index contributed by atoms with van der Waals surface area (Å²) in [5.74, 6) is 1.05. The zero-order valence-corrected chi connectivity index (χ0v) is 11.1. The summed E-state index contributed by atoms with van der Waals surface area (Å²) in [4.78, 5) is 10.9. The Morgan fingerprint density at radius 2 is 1.89 bits per heavy atom. The van der Waals surface area contributed by atoms with Crippen LogP contribution in [0.5, 0.6) is 11.5 Å². The van der Waals surface area contributed by atoms with Gasteiger partial charge in [-0.2, -0.15) is 0 Å². The summed E-state index contributed by atoms with van der Waals surface area (Å²) >= 11 is 5.81. The highest BCUT2D eigenvalue weighted by atomic mass is 35.5. The third-order valence-electron chi connectivity index (χ3n) is 2.37. The Hall–Kier alpha value is -2.20. The van der Waals surface area contributed by atoms with Crippen molar-refractivity contribution in [1.29, 1.82) is 0 Å². The molecule has 0 aliphatic heterocycles. The van der Waals surface area contributed by atoms with Gasteiger partial charge in [0.25, 0.3) is 0 Å². The SMILES string of the molecule is CC(=O)Nc1ccc(Oc2ccc(Cl)cc2N)cc1. The summed E-state index contributed by atoms with van der Waals surface area (Å²) in [5, 5.41) is 3.24. The molecule has 0 heterocycles. The van der Waals surface area contributed by atoms with Gasteiger partial charge in [-0.05, 0) is 42.5 Å². The van der Waals surface area contributed by atoms with Crippen molar-refractivity contribution < 1.29 is 9.53 Å². The number of rotatable bonds is 3. The van der Waals surface area contributed by atoms with Crippen molar-refractivity contribution in [3.05, 3.63) is 47.5 Å². The number of amides is 1. The topological polar surface area (TPSA) is 64.3 Å². The van der Waals surface area contributed by atoms with Crippen molar-refractivity contribution in [3.63, 3.8) is 0 Å². The smallest absolute Gasteiger partial charge is 0.221 e. The van der Waals surface area contributed by atoms with Crippen LogP contribution >= 0.6 is 11.6 Å². The molecule has 4 nitrogen and oxygen atoms in total. The molecule has 0 atom stereocenters. The standard InChI is InChI=1S/C14H13ClN2O2/c1-9(18)17-11-3-5-12(6-4-11)19-14-7-2-10(15)8-13(14)16/h2-8H,16H2,1H3,(H,17,18). The van der Waals surface area contributed by atoms with E-state index < -0.39 is 0 Å². The highest BCUT2D eigenvalue weighted by Gasteiger charge is 2.03. The first-order valence-electron chi connectivity index (χ1n) is 5.65. The van der Waals surface area contributed by atoms with Gasteiger partial charge in [0.15, 0.2) is 0 Å². The highest BCUT2D eigenvalue weighted by molar-refractivity contribution is 6.30. The summed E-state index contributed by atoms with van der Waals surface area (Å²) in [7, 11) is 0. The molecular formula is C14H13ClN2O2. The Bertz CT molecular complexity index is 597. The summed E-state index contributed by atoms with van der Waals surface area (Å²) in [5.41, 5.74) is 6.98. The summed E-state index contributed by atoms with van der Waals surface area (Å²) < 4.78 is 5.63. The molecule has 19 heavy (non-hydrogen) atoms. The van der Waals surface area contributed by atoms with Gasteiger partial charge in [-0.1, -0.05) is 11.6 Å². The molecule has 2 aromatic rings. The minimum Gasteiger partial charge on any atom is -0.455 e. The van der Waals surface area contributed by atoms with Crippen LogP contribution in [0.25, 0.3) is 0 Å². The van der Waals surface area contributed by atoms with E-state index in [1.54, 1.807) is 42.5 Å². The molecule has 0 unspecified atom stereocenters. The van der Waals surface area contributed by atoms with Gasteiger partial charge in [0, 0.05) is 17.6 Å². The van der Waals surface area contributed by atoms with Crippen LogP contribution in [0.4, 0.5) is 11.4 Å². The number of hydrogen-bond donors (Lipinski definition) is 2. The Labute approximate surface area is 116 Å². The summed E-state index contributed by atoms with van der Waals surface area (Å²) in [6.07, 6.45) is 0. The minimum atomic E-state index is -0.115. The van der Waals surface area contributed by atoms with E-state index in [1.807, 2.05) is 0 Å². The molecule has 0 saturated heterocycles. The Balaban J connectivity index is 2.13. The van der Waals surface area contributed by atoms with Crippen LogP contribution in [0.2, 0.25) is 5.02 Å². The number of carbonyl (C=O) groups excluding carboxylic acids is 1. The molecule has 3 N–H and O–H groups in total. The first-order chi connectivity index (χ1) is 9.04. The van der Waals surface area contributed by atoms with Gasteiger partial charge in [0.05, 0.1) is 5.69 Å². The number of anilines is 2. The maximum Gasteiger partial charge on any atom is 0.221 e. The van der Waals surface area contributed by atoms with Crippen molar-refractivity contribution in [1.82, 2.24) is 0 Å². The molecule has 0 aliphatic carbocycles. The van der Waals surface area contributed by atoms with E-state index in [4.69, 9.17) is 22.1 Å². The van der Waals surface area contributed by atoms with E-state index in [-0.39, 0.29) is 5.91 Å². The Morgan fingerprint density at radius 3 is 2.47 bits per heavy atom. The number of carbonyl (C=O) groups is 1. The van der Waals surface area contributed by atoms with Crippen molar-refractivity contribution >= 4 is 28.9 Å². The van der Waals surface area contributed by atoms with E-state index in [1.165, 1.54) is 6.92 Å². The Morgan fingerprint density at radius 1 is 1.21 bits per heavy atom. The molecular weight excluding hydrogens is 264 g/mol.